The van der Waals surface area contributed by atoms with Gasteiger partial charge in [0.05, 0.1) is 12.6 Å². The lowest BCUT2D eigenvalue weighted by atomic mass is 10.0. The average Bonchev–Trinajstić information content (AvgIpc) is 2.94. The second-order valence-electron chi connectivity index (χ2n) is 6.58. The molecule has 0 unspecified atom stereocenters. The van der Waals surface area contributed by atoms with Crippen LogP contribution in [0.1, 0.15) is 53.2 Å². The summed E-state index contributed by atoms with van der Waals surface area (Å²) in [6.45, 7) is 1.55. The van der Waals surface area contributed by atoms with Crippen molar-refractivity contribution in [3.63, 3.8) is 0 Å². The molecule has 5 nitrogen and oxygen atoms in total. The second kappa shape index (κ2) is 7.23. The Hall–Kier alpha value is -2.40. The Morgan fingerprint density at radius 2 is 2.00 bits per heavy atom. The van der Waals surface area contributed by atoms with Crippen molar-refractivity contribution in [2.45, 2.75) is 38.3 Å². The summed E-state index contributed by atoms with van der Waals surface area (Å²) in [6, 6.07) is 9.80. The van der Waals surface area contributed by atoms with Gasteiger partial charge in [-0.3, -0.25) is 9.78 Å². The molecule has 1 aromatic heterocycles. The Morgan fingerprint density at radius 3 is 2.88 bits per heavy atom. The molecule has 1 amide bonds. The van der Waals surface area contributed by atoms with Crippen LogP contribution in [0.4, 0.5) is 0 Å². The summed E-state index contributed by atoms with van der Waals surface area (Å²) >= 11 is 0. The zero-order valence-corrected chi connectivity index (χ0v) is 14.2. The van der Waals surface area contributed by atoms with E-state index in [1.807, 2.05) is 35.2 Å². The Bertz CT molecular complexity index is 748. The monoisotopic (exact) mass is 338 g/mol. The van der Waals surface area contributed by atoms with Gasteiger partial charge in [-0.25, -0.2) is 0 Å². The van der Waals surface area contributed by atoms with Gasteiger partial charge in [0, 0.05) is 30.1 Å². The molecule has 0 radical (unpaired) electrons. The molecule has 0 N–H and O–H groups in total. The minimum Gasteiger partial charge on any atom is -0.467 e. The summed E-state index contributed by atoms with van der Waals surface area (Å²) in [6.07, 6.45) is 7.95. The number of nitrogens with zero attached hydrogens (tertiary/aromatic N) is 2. The molecule has 2 aliphatic rings. The maximum Gasteiger partial charge on any atom is 0.254 e. The largest absolute Gasteiger partial charge is 0.467 e. The minimum atomic E-state index is 0.0806. The number of amides is 1. The average molecular weight is 338 g/mol. The predicted molar refractivity (Wildman–Crippen MR) is 93.2 cm³/mol. The maximum atomic E-state index is 13.3. The van der Waals surface area contributed by atoms with Crippen molar-refractivity contribution < 1.29 is 14.3 Å². The van der Waals surface area contributed by atoms with E-state index < -0.39 is 0 Å². The van der Waals surface area contributed by atoms with Gasteiger partial charge >= 0.3 is 0 Å². The van der Waals surface area contributed by atoms with Crippen molar-refractivity contribution in [1.82, 2.24) is 9.88 Å². The Morgan fingerprint density at radius 1 is 1.12 bits per heavy atom. The first-order chi connectivity index (χ1) is 12.3. The van der Waals surface area contributed by atoms with Crippen molar-refractivity contribution in [1.29, 1.82) is 0 Å². The molecule has 0 aliphatic carbocycles. The lowest BCUT2D eigenvalue weighted by molar-refractivity contribution is -0.0164. The Labute approximate surface area is 147 Å². The first-order valence-electron chi connectivity index (χ1n) is 8.87. The molecule has 25 heavy (non-hydrogen) atoms. The number of aromatic nitrogens is 1. The fourth-order valence-electron chi connectivity index (χ4n) is 3.67. The normalized spacial score (nSPS) is 20.3. The fourth-order valence-corrected chi connectivity index (χ4v) is 3.67. The molecule has 2 aromatic rings. The maximum absolute atomic E-state index is 13.3. The van der Waals surface area contributed by atoms with E-state index >= 15 is 0 Å². The summed E-state index contributed by atoms with van der Waals surface area (Å²) in [5.74, 6) is 0.890. The van der Waals surface area contributed by atoms with Gasteiger partial charge in [-0.2, -0.15) is 0 Å². The number of likely N-dealkylation sites (tertiary alicyclic amines) is 1. The summed E-state index contributed by atoms with van der Waals surface area (Å²) in [5.41, 5.74) is 2.80. The van der Waals surface area contributed by atoms with Crippen LogP contribution < -0.4 is 4.74 Å². The fraction of sp³-hybridized carbons (Fsp3) is 0.400. The highest BCUT2D eigenvalue weighted by molar-refractivity contribution is 5.95. The molecule has 4 rings (SSSR count). The topological polar surface area (TPSA) is 51.7 Å². The number of rotatable bonds is 2. The third kappa shape index (κ3) is 3.37. The number of hydrogen-bond acceptors (Lipinski definition) is 4. The van der Waals surface area contributed by atoms with Crippen LogP contribution >= 0.6 is 0 Å². The van der Waals surface area contributed by atoms with Crippen LogP contribution in [-0.2, 0) is 11.3 Å². The number of benzene rings is 1. The van der Waals surface area contributed by atoms with Gasteiger partial charge in [-0.15, -0.1) is 0 Å². The highest BCUT2D eigenvalue weighted by atomic mass is 16.7. The molecule has 0 spiro atoms. The third-order valence-electron chi connectivity index (χ3n) is 4.97. The first-order valence-corrected chi connectivity index (χ1v) is 8.87. The van der Waals surface area contributed by atoms with Crippen LogP contribution in [0.5, 0.6) is 5.75 Å². The molecule has 0 saturated carbocycles. The van der Waals surface area contributed by atoms with E-state index in [1.54, 1.807) is 12.4 Å². The van der Waals surface area contributed by atoms with Crippen molar-refractivity contribution in [2.75, 3.05) is 13.3 Å². The molecule has 3 heterocycles. The van der Waals surface area contributed by atoms with Crippen LogP contribution in [-0.4, -0.2) is 29.1 Å². The number of carbonyl (C=O) groups is 1. The molecular formula is C20H22N2O3. The number of fused-ring (bicyclic) bond motifs is 1. The number of hydrogen-bond donors (Lipinski definition) is 0. The van der Waals surface area contributed by atoms with Gasteiger partial charge in [0.2, 0.25) is 0 Å². The van der Waals surface area contributed by atoms with E-state index in [4.69, 9.17) is 9.47 Å². The summed E-state index contributed by atoms with van der Waals surface area (Å²) in [7, 11) is 0. The van der Waals surface area contributed by atoms with Gasteiger partial charge in [-0.1, -0.05) is 12.8 Å². The van der Waals surface area contributed by atoms with Crippen LogP contribution in [0.25, 0.3) is 0 Å². The number of ether oxygens (including phenoxy) is 2. The summed E-state index contributed by atoms with van der Waals surface area (Å²) in [4.78, 5) is 19.4. The van der Waals surface area contributed by atoms with E-state index in [-0.39, 0.29) is 18.7 Å². The lowest BCUT2D eigenvalue weighted by Crippen LogP contribution is -2.35. The highest BCUT2D eigenvalue weighted by Gasteiger charge is 2.28. The van der Waals surface area contributed by atoms with Gasteiger partial charge in [-0.05, 0) is 48.7 Å². The predicted octanol–water partition coefficient (Wildman–Crippen LogP) is 3.71. The molecule has 1 atom stereocenters. The minimum absolute atomic E-state index is 0.0806. The highest BCUT2D eigenvalue weighted by Crippen LogP contribution is 2.32. The van der Waals surface area contributed by atoms with E-state index in [0.29, 0.717) is 12.2 Å². The molecular weight excluding hydrogens is 316 g/mol. The first kappa shape index (κ1) is 16.1. The van der Waals surface area contributed by atoms with Crippen LogP contribution in [0.2, 0.25) is 0 Å². The van der Waals surface area contributed by atoms with Crippen molar-refractivity contribution >= 4 is 5.91 Å². The number of carbonyl (C=O) groups excluding carboxylic acids is 1. The van der Waals surface area contributed by atoms with Crippen LogP contribution in [0.3, 0.4) is 0 Å². The lowest BCUT2D eigenvalue weighted by Gasteiger charge is -2.31. The van der Waals surface area contributed by atoms with Crippen LogP contribution in [0.15, 0.2) is 42.7 Å². The molecule has 5 heteroatoms. The van der Waals surface area contributed by atoms with Crippen molar-refractivity contribution in [3.05, 3.63) is 59.4 Å². The Balaban J connectivity index is 1.64. The van der Waals surface area contributed by atoms with Crippen molar-refractivity contribution in [3.8, 4) is 5.75 Å². The molecule has 2 aliphatic heterocycles. The van der Waals surface area contributed by atoms with E-state index in [0.717, 1.165) is 49.1 Å². The second-order valence-corrected chi connectivity index (χ2v) is 6.58. The quantitative estimate of drug-likeness (QED) is 0.838. The SMILES string of the molecule is O=C(c1ccc2c(c1)COCO2)N1CCCCC[C@H]1c1ccncc1. The molecule has 1 saturated heterocycles. The zero-order chi connectivity index (χ0) is 17.1. The summed E-state index contributed by atoms with van der Waals surface area (Å²) < 4.78 is 10.8. The summed E-state index contributed by atoms with van der Waals surface area (Å²) in [5, 5.41) is 0. The third-order valence-corrected chi connectivity index (χ3v) is 4.97. The van der Waals surface area contributed by atoms with Gasteiger partial charge < -0.3 is 14.4 Å². The van der Waals surface area contributed by atoms with E-state index in [2.05, 4.69) is 4.98 Å². The van der Waals surface area contributed by atoms with E-state index in [1.165, 1.54) is 0 Å². The van der Waals surface area contributed by atoms with Crippen molar-refractivity contribution in [2.24, 2.45) is 0 Å². The standard InChI is InChI=1S/C20H22N2O3/c23-20(16-5-6-19-17(12-16)13-24-14-25-19)22-11-3-1-2-4-18(22)15-7-9-21-10-8-15/h5-10,12,18H,1-4,11,13-14H2/t18-/m0/s1. The molecule has 1 aromatic carbocycles. The smallest absolute Gasteiger partial charge is 0.254 e. The van der Waals surface area contributed by atoms with Gasteiger partial charge in [0.1, 0.15) is 5.75 Å². The molecule has 1 fully saturated rings. The van der Waals surface area contributed by atoms with E-state index in [9.17, 15) is 4.79 Å². The molecule has 0 bridgehead atoms. The van der Waals surface area contributed by atoms with Gasteiger partial charge in [0.25, 0.3) is 5.91 Å². The number of pyridine rings is 1. The zero-order valence-electron chi connectivity index (χ0n) is 14.2. The van der Waals surface area contributed by atoms with Crippen LogP contribution in [0, 0.1) is 0 Å². The Kier molecular flexibility index (Phi) is 4.65. The molecule has 130 valence electrons. The van der Waals surface area contributed by atoms with Gasteiger partial charge in [0.15, 0.2) is 6.79 Å².